The van der Waals surface area contributed by atoms with E-state index in [0.29, 0.717) is 13.2 Å². The number of carbonyl (C=O) groups excluding carboxylic acids is 1. The van der Waals surface area contributed by atoms with Gasteiger partial charge in [0, 0.05) is 20.1 Å². The molecule has 0 aromatic heterocycles. The van der Waals surface area contributed by atoms with Crippen LogP contribution in [-0.4, -0.2) is 43.8 Å². The van der Waals surface area contributed by atoms with E-state index in [1.165, 1.54) is 6.92 Å². The van der Waals surface area contributed by atoms with Crippen molar-refractivity contribution in [2.45, 2.75) is 27.1 Å². The summed E-state index contributed by atoms with van der Waals surface area (Å²) in [5, 5.41) is 9.11. The second kappa shape index (κ2) is 8.64. The van der Waals surface area contributed by atoms with Crippen molar-refractivity contribution < 1.29 is 24.1 Å². The molecule has 1 N–H and O–H groups in total. The molecule has 0 saturated carbocycles. The summed E-state index contributed by atoms with van der Waals surface area (Å²) in [5.74, 6) is -0.714. The van der Waals surface area contributed by atoms with Crippen LogP contribution in [0.4, 0.5) is 0 Å². The summed E-state index contributed by atoms with van der Waals surface area (Å²) in [6.07, 6.45) is -0.524. The van der Waals surface area contributed by atoms with Crippen molar-refractivity contribution >= 4 is 5.97 Å². The molecule has 0 saturated heterocycles. The maximum Gasteiger partial charge on any atom is 0.302 e. The first kappa shape index (κ1) is 14.3. The Morgan fingerprint density at radius 2 is 1.80 bits per heavy atom. The highest BCUT2D eigenvalue weighted by molar-refractivity contribution is 5.65. The maximum atomic E-state index is 10.6. The zero-order valence-electron chi connectivity index (χ0n) is 9.56. The number of esters is 1. The minimum absolute atomic E-state index is 0.108. The molecule has 5 nitrogen and oxygen atoms in total. The summed E-state index contributed by atoms with van der Waals surface area (Å²) < 4.78 is 15.4. The molecule has 1 atom stereocenters. The van der Waals surface area contributed by atoms with Gasteiger partial charge in [-0.1, -0.05) is 0 Å². The summed E-state index contributed by atoms with van der Waals surface area (Å²) in [4.78, 5) is 10.6. The summed E-state index contributed by atoms with van der Waals surface area (Å²) >= 11 is 0. The Labute approximate surface area is 90.3 Å². The lowest BCUT2D eigenvalue weighted by Crippen LogP contribution is -2.33. The van der Waals surface area contributed by atoms with Crippen LogP contribution >= 0.6 is 0 Å². The van der Waals surface area contributed by atoms with Gasteiger partial charge in [-0.25, -0.2) is 0 Å². The third-order valence-electron chi connectivity index (χ3n) is 1.78. The molecule has 5 heteroatoms. The highest BCUT2D eigenvalue weighted by Gasteiger charge is 2.22. The van der Waals surface area contributed by atoms with Gasteiger partial charge in [-0.15, -0.1) is 0 Å². The quantitative estimate of drug-likeness (QED) is 0.478. The van der Waals surface area contributed by atoms with Crippen LogP contribution < -0.4 is 0 Å². The molecule has 0 aliphatic carbocycles. The van der Waals surface area contributed by atoms with Crippen LogP contribution in [0.2, 0.25) is 0 Å². The van der Waals surface area contributed by atoms with Gasteiger partial charge in [0.25, 0.3) is 0 Å². The third kappa shape index (κ3) is 6.43. The molecule has 90 valence electrons. The van der Waals surface area contributed by atoms with Crippen LogP contribution in [0.15, 0.2) is 0 Å². The van der Waals surface area contributed by atoms with E-state index in [4.69, 9.17) is 19.3 Å². The van der Waals surface area contributed by atoms with Gasteiger partial charge in [-0.2, -0.15) is 0 Å². The fraction of sp³-hybridized carbons (Fsp3) is 0.900. The van der Waals surface area contributed by atoms with Crippen LogP contribution in [0.1, 0.15) is 20.8 Å². The van der Waals surface area contributed by atoms with Gasteiger partial charge in [0.05, 0.1) is 12.5 Å². The predicted molar refractivity (Wildman–Crippen MR) is 54.2 cm³/mol. The van der Waals surface area contributed by atoms with Crippen molar-refractivity contribution in [1.82, 2.24) is 0 Å². The standard InChI is InChI=1S/C10H20O5/c1-4-13-10(14-5-2)9(6-11)7-15-8(3)12/h9-11H,4-7H2,1-3H3/t9-/m1/s1. The summed E-state index contributed by atoms with van der Waals surface area (Å²) in [6, 6.07) is 0. The van der Waals surface area contributed by atoms with E-state index in [0.717, 1.165) is 0 Å². The number of aliphatic hydroxyl groups excluding tert-OH is 1. The average molecular weight is 220 g/mol. The minimum Gasteiger partial charge on any atom is -0.465 e. The zero-order valence-corrected chi connectivity index (χ0v) is 9.56. The van der Waals surface area contributed by atoms with Crippen LogP contribution in [0.25, 0.3) is 0 Å². The first-order valence-corrected chi connectivity index (χ1v) is 5.13. The molecule has 0 heterocycles. The molecule has 0 aromatic rings. The van der Waals surface area contributed by atoms with Crippen molar-refractivity contribution in [3.05, 3.63) is 0 Å². The van der Waals surface area contributed by atoms with Crippen molar-refractivity contribution in [2.75, 3.05) is 26.4 Å². The lowest BCUT2D eigenvalue weighted by molar-refractivity contribution is -0.187. The van der Waals surface area contributed by atoms with E-state index in [-0.39, 0.29) is 25.1 Å². The lowest BCUT2D eigenvalue weighted by Gasteiger charge is -2.24. The number of ether oxygens (including phenoxy) is 3. The third-order valence-corrected chi connectivity index (χ3v) is 1.78. The van der Waals surface area contributed by atoms with E-state index in [1.54, 1.807) is 0 Å². The molecule has 0 amide bonds. The van der Waals surface area contributed by atoms with Crippen LogP contribution in [0.5, 0.6) is 0 Å². The SMILES string of the molecule is CCOC(OCC)[C@H](CO)COC(C)=O. The fourth-order valence-corrected chi connectivity index (χ4v) is 1.09. The van der Waals surface area contributed by atoms with Crippen molar-refractivity contribution in [3.8, 4) is 0 Å². The molecule has 0 aromatic carbocycles. The normalized spacial score (nSPS) is 12.9. The Hall–Kier alpha value is -0.650. The van der Waals surface area contributed by atoms with E-state index in [1.807, 2.05) is 13.8 Å². The Balaban J connectivity index is 4.10. The Morgan fingerprint density at radius 1 is 1.27 bits per heavy atom. The van der Waals surface area contributed by atoms with Gasteiger partial charge in [0.2, 0.25) is 0 Å². The van der Waals surface area contributed by atoms with E-state index in [9.17, 15) is 4.79 Å². The Morgan fingerprint density at radius 3 is 2.13 bits per heavy atom. The van der Waals surface area contributed by atoms with Crippen molar-refractivity contribution in [2.24, 2.45) is 5.92 Å². The van der Waals surface area contributed by atoms with Gasteiger partial charge in [0.15, 0.2) is 6.29 Å². The van der Waals surface area contributed by atoms with E-state index >= 15 is 0 Å². The van der Waals surface area contributed by atoms with Gasteiger partial charge in [-0.3, -0.25) is 4.79 Å². The number of aliphatic hydroxyl groups is 1. The molecule has 0 unspecified atom stereocenters. The fourth-order valence-electron chi connectivity index (χ4n) is 1.09. The number of hydrogen-bond acceptors (Lipinski definition) is 5. The van der Waals surface area contributed by atoms with E-state index in [2.05, 4.69) is 0 Å². The van der Waals surface area contributed by atoms with Crippen molar-refractivity contribution in [1.29, 1.82) is 0 Å². The van der Waals surface area contributed by atoms with Gasteiger partial charge < -0.3 is 19.3 Å². The summed E-state index contributed by atoms with van der Waals surface area (Å²) in [7, 11) is 0. The number of hydrogen-bond donors (Lipinski definition) is 1. The molecule has 0 radical (unpaired) electrons. The summed E-state index contributed by atoms with van der Waals surface area (Å²) in [6.45, 7) is 5.94. The molecule has 0 spiro atoms. The van der Waals surface area contributed by atoms with Crippen LogP contribution in [0.3, 0.4) is 0 Å². The minimum atomic E-state index is -0.524. The smallest absolute Gasteiger partial charge is 0.302 e. The average Bonchev–Trinajstić information content (AvgIpc) is 2.19. The van der Waals surface area contributed by atoms with Crippen molar-refractivity contribution in [3.63, 3.8) is 0 Å². The Bertz CT molecular complexity index is 165. The van der Waals surface area contributed by atoms with Crippen LogP contribution in [0, 0.1) is 5.92 Å². The Kier molecular flexibility index (Phi) is 8.27. The highest BCUT2D eigenvalue weighted by Crippen LogP contribution is 2.10. The van der Waals surface area contributed by atoms with Gasteiger partial charge >= 0.3 is 5.97 Å². The zero-order chi connectivity index (χ0) is 11.7. The topological polar surface area (TPSA) is 65.0 Å². The van der Waals surface area contributed by atoms with Crippen LogP contribution in [-0.2, 0) is 19.0 Å². The van der Waals surface area contributed by atoms with E-state index < -0.39 is 6.29 Å². The molecule has 0 rings (SSSR count). The second-order valence-corrected chi connectivity index (χ2v) is 3.02. The number of rotatable bonds is 8. The first-order valence-electron chi connectivity index (χ1n) is 5.13. The van der Waals surface area contributed by atoms with Gasteiger partial charge in [0.1, 0.15) is 6.61 Å². The molecule has 0 bridgehead atoms. The monoisotopic (exact) mass is 220 g/mol. The molecule has 15 heavy (non-hydrogen) atoms. The summed E-state index contributed by atoms with van der Waals surface area (Å²) in [5.41, 5.74) is 0. The number of carbonyl (C=O) groups is 1. The molecule has 0 fully saturated rings. The molecular formula is C10H20O5. The molecule has 0 aliphatic rings. The first-order chi connectivity index (χ1) is 7.15. The molecular weight excluding hydrogens is 200 g/mol. The largest absolute Gasteiger partial charge is 0.465 e. The molecule has 0 aliphatic heterocycles. The van der Waals surface area contributed by atoms with Gasteiger partial charge in [-0.05, 0) is 13.8 Å². The highest BCUT2D eigenvalue weighted by atomic mass is 16.7. The maximum absolute atomic E-state index is 10.6. The lowest BCUT2D eigenvalue weighted by atomic mass is 10.1. The predicted octanol–water partition coefficient (Wildman–Crippen LogP) is 0.557. The second-order valence-electron chi connectivity index (χ2n) is 3.02.